The summed E-state index contributed by atoms with van der Waals surface area (Å²) < 4.78 is 12.1. The molecule has 33 heavy (non-hydrogen) atoms. The summed E-state index contributed by atoms with van der Waals surface area (Å²) in [6, 6.07) is 12.5. The Bertz CT molecular complexity index is 1020. The first kappa shape index (κ1) is 23.1. The van der Waals surface area contributed by atoms with Crippen molar-refractivity contribution in [3.8, 4) is 11.5 Å². The maximum Gasteiger partial charge on any atom is 0.180 e. The van der Waals surface area contributed by atoms with Crippen molar-refractivity contribution in [1.82, 2.24) is 5.32 Å². The molecule has 3 nitrogen and oxygen atoms in total. The van der Waals surface area contributed by atoms with Crippen molar-refractivity contribution in [1.29, 1.82) is 0 Å². The molecule has 0 aliphatic heterocycles. The molecule has 2 aromatic rings. The van der Waals surface area contributed by atoms with Crippen LogP contribution < -0.4 is 14.8 Å². The zero-order valence-corrected chi connectivity index (χ0v) is 21.4. The number of aryl methyl sites for hydroxylation is 1. The van der Waals surface area contributed by atoms with Gasteiger partial charge >= 0.3 is 0 Å². The van der Waals surface area contributed by atoms with Gasteiger partial charge in [-0.3, -0.25) is 0 Å². The summed E-state index contributed by atoms with van der Waals surface area (Å²) in [7, 11) is 0. The molecule has 0 radical (unpaired) electrons. The Morgan fingerprint density at radius 3 is 2.39 bits per heavy atom. The van der Waals surface area contributed by atoms with E-state index in [1.54, 1.807) is 0 Å². The highest BCUT2D eigenvalue weighted by atomic mass is 35.5. The summed E-state index contributed by atoms with van der Waals surface area (Å²) in [4.78, 5) is 0. The van der Waals surface area contributed by atoms with Crippen LogP contribution in [0.1, 0.15) is 76.0 Å². The summed E-state index contributed by atoms with van der Waals surface area (Å²) in [5, 5.41) is 4.64. The molecule has 4 saturated carbocycles. The largest absolute Gasteiger partial charge is 0.490 e. The summed E-state index contributed by atoms with van der Waals surface area (Å²) in [5.41, 5.74) is 4.79. The van der Waals surface area contributed by atoms with Crippen LogP contribution in [0, 0.1) is 23.7 Å². The van der Waals surface area contributed by atoms with Gasteiger partial charge in [-0.05, 0) is 92.4 Å². The maximum atomic E-state index is 6.73. The van der Waals surface area contributed by atoms with Crippen LogP contribution in [-0.2, 0) is 13.2 Å². The van der Waals surface area contributed by atoms with E-state index in [0.29, 0.717) is 34.8 Å². The molecular formula is C29H38ClNO2. The highest BCUT2D eigenvalue weighted by Gasteiger charge is 2.59. The Hall–Kier alpha value is -1.71. The van der Waals surface area contributed by atoms with Gasteiger partial charge in [0, 0.05) is 12.1 Å². The fourth-order valence-electron chi connectivity index (χ4n) is 8.02. The lowest BCUT2D eigenvalue weighted by Gasteiger charge is -2.65. The topological polar surface area (TPSA) is 30.5 Å². The molecule has 6 rings (SSSR count). The van der Waals surface area contributed by atoms with Gasteiger partial charge in [0.1, 0.15) is 6.61 Å². The van der Waals surface area contributed by atoms with Gasteiger partial charge in [-0.2, -0.15) is 0 Å². The number of rotatable bonds is 8. The van der Waals surface area contributed by atoms with Crippen LogP contribution in [0.5, 0.6) is 11.5 Å². The third-order valence-corrected chi connectivity index (χ3v) is 8.41. The first-order valence-corrected chi connectivity index (χ1v) is 13.0. The van der Waals surface area contributed by atoms with Crippen molar-refractivity contribution in [3.05, 3.63) is 58.1 Å². The molecule has 2 unspecified atom stereocenters. The van der Waals surface area contributed by atoms with Crippen molar-refractivity contribution in [2.24, 2.45) is 16.7 Å². The van der Waals surface area contributed by atoms with E-state index >= 15 is 0 Å². The monoisotopic (exact) mass is 467 g/mol. The minimum atomic E-state index is 0.265. The zero-order valence-electron chi connectivity index (χ0n) is 20.6. The highest BCUT2D eigenvalue weighted by Crippen LogP contribution is 2.66. The lowest BCUT2D eigenvalue weighted by atomic mass is 9.43. The van der Waals surface area contributed by atoms with E-state index in [1.165, 1.54) is 44.1 Å². The molecule has 4 bridgehead atoms. The molecule has 4 fully saturated rings. The fraction of sp³-hybridized carbons (Fsp3) is 0.586. The maximum absolute atomic E-state index is 6.73. The molecule has 0 saturated heterocycles. The van der Waals surface area contributed by atoms with E-state index in [1.807, 2.05) is 13.0 Å². The second-order valence-corrected chi connectivity index (χ2v) is 12.3. The number of nitrogens with one attached hydrogen (secondary N) is 1. The van der Waals surface area contributed by atoms with Gasteiger partial charge in [0.2, 0.25) is 0 Å². The Morgan fingerprint density at radius 2 is 1.73 bits per heavy atom. The van der Waals surface area contributed by atoms with Crippen LogP contribution in [0.2, 0.25) is 5.02 Å². The summed E-state index contributed by atoms with van der Waals surface area (Å²) in [6.45, 7) is 11.0. The average molecular weight is 468 g/mol. The number of hydrogen-bond donors (Lipinski definition) is 1. The predicted octanol–water partition coefficient (Wildman–Crippen LogP) is 7.46. The third-order valence-electron chi connectivity index (χ3n) is 8.13. The first-order valence-electron chi connectivity index (χ1n) is 12.6. The van der Waals surface area contributed by atoms with Crippen LogP contribution in [0.4, 0.5) is 0 Å². The number of hydrogen-bond acceptors (Lipinski definition) is 3. The van der Waals surface area contributed by atoms with E-state index in [2.05, 4.69) is 56.4 Å². The SMILES string of the molecule is CCOc1cc(CNC23CC4C[C@@](C)(C2)C[C@](C)(C4)C3)cc(Cl)c1OCc1cccc(C)c1. The van der Waals surface area contributed by atoms with E-state index in [-0.39, 0.29) is 5.54 Å². The highest BCUT2D eigenvalue weighted by molar-refractivity contribution is 6.32. The molecule has 0 amide bonds. The van der Waals surface area contributed by atoms with Gasteiger partial charge in [-0.15, -0.1) is 0 Å². The number of ether oxygens (including phenoxy) is 2. The van der Waals surface area contributed by atoms with E-state index in [4.69, 9.17) is 21.1 Å². The van der Waals surface area contributed by atoms with Crippen molar-refractivity contribution in [2.45, 2.75) is 84.9 Å². The second kappa shape index (κ2) is 8.50. The number of benzene rings is 2. The van der Waals surface area contributed by atoms with Gasteiger partial charge in [-0.25, -0.2) is 0 Å². The smallest absolute Gasteiger partial charge is 0.180 e. The lowest BCUT2D eigenvalue weighted by Crippen LogP contribution is -2.63. The predicted molar refractivity (Wildman–Crippen MR) is 135 cm³/mol. The molecule has 0 heterocycles. The molecule has 4 heteroatoms. The van der Waals surface area contributed by atoms with Gasteiger partial charge < -0.3 is 14.8 Å². The summed E-state index contributed by atoms with van der Waals surface area (Å²) in [6.07, 6.45) is 8.15. The van der Waals surface area contributed by atoms with E-state index in [9.17, 15) is 0 Å². The summed E-state index contributed by atoms with van der Waals surface area (Å²) in [5.74, 6) is 2.25. The minimum absolute atomic E-state index is 0.265. The Labute approximate surface area is 204 Å². The van der Waals surface area contributed by atoms with Crippen molar-refractivity contribution >= 4 is 11.6 Å². The van der Waals surface area contributed by atoms with Crippen LogP contribution in [0.25, 0.3) is 0 Å². The molecular weight excluding hydrogens is 430 g/mol. The first-order chi connectivity index (χ1) is 15.7. The lowest BCUT2D eigenvalue weighted by molar-refractivity contribution is -0.118. The summed E-state index contributed by atoms with van der Waals surface area (Å²) >= 11 is 6.73. The van der Waals surface area contributed by atoms with Crippen LogP contribution in [0.3, 0.4) is 0 Å². The molecule has 2 aromatic carbocycles. The van der Waals surface area contributed by atoms with Crippen molar-refractivity contribution < 1.29 is 9.47 Å². The van der Waals surface area contributed by atoms with Gasteiger partial charge in [0.25, 0.3) is 0 Å². The Morgan fingerprint density at radius 1 is 0.970 bits per heavy atom. The Kier molecular flexibility index (Phi) is 5.94. The molecule has 4 aliphatic rings. The third kappa shape index (κ3) is 4.77. The molecule has 0 aromatic heterocycles. The van der Waals surface area contributed by atoms with Gasteiger partial charge in [-0.1, -0.05) is 55.3 Å². The number of halogens is 1. The van der Waals surface area contributed by atoms with Crippen molar-refractivity contribution in [3.63, 3.8) is 0 Å². The molecule has 178 valence electrons. The normalized spacial score (nSPS) is 32.2. The molecule has 4 aliphatic carbocycles. The quantitative estimate of drug-likeness (QED) is 0.436. The van der Waals surface area contributed by atoms with Gasteiger partial charge in [0.05, 0.1) is 11.6 Å². The second-order valence-electron chi connectivity index (χ2n) is 11.9. The Balaban J connectivity index is 1.32. The van der Waals surface area contributed by atoms with E-state index in [0.717, 1.165) is 29.3 Å². The standard InChI is InChI=1S/C29H38ClNO2/c1-5-32-25-11-22(10-24(30)26(25)33-16-21-8-6-7-20(2)9-21)15-31-29-14-23-12-27(3,18-29)17-28(4,13-23)19-29/h6-11,23,31H,5,12-19H2,1-4H3/t23?,27-,28+,29?. The molecule has 1 N–H and O–H groups in total. The average Bonchev–Trinajstić information content (AvgIpc) is 2.69. The van der Waals surface area contributed by atoms with Crippen LogP contribution in [0.15, 0.2) is 36.4 Å². The molecule has 0 spiro atoms. The molecule has 4 atom stereocenters. The van der Waals surface area contributed by atoms with Crippen LogP contribution in [-0.4, -0.2) is 12.1 Å². The van der Waals surface area contributed by atoms with Gasteiger partial charge in [0.15, 0.2) is 11.5 Å². The minimum Gasteiger partial charge on any atom is -0.490 e. The zero-order chi connectivity index (χ0) is 23.3. The fourth-order valence-corrected chi connectivity index (χ4v) is 8.31. The van der Waals surface area contributed by atoms with E-state index < -0.39 is 0 Å². The van der Waals surface area contributed by atoms with Crippen molar-refractivity contribution in [2.75, 3.05) is 6.61 Å². The van der Waals surface area contributed by atoms with Crippen LogP contribution >= 0.6 is 11.6 Å².